The monoisotopic (exact) mass is 328 g/mol. The number of ether oxygens (including phenoxy) is 1. The van der Waals surface area contributed by atoms with Crippen molar-refractivity contribution in [3.8, 4) is 5.75 Å². The third-order valence-corrected chi connectivity index (χ3v) is 5.68. The lowest BCUT2D eigenvalue weighted by molar-refractivity contribution is 0.357. The fraction of sp³-hybridized carbons (Fsp3) is 0.333. The van der Waals surface area contributed by atoms with Crippen LogP contribution in [-0.4, -0.2) is 6.61 Å². The van der Waals surface area contributed by atoms with E-state index in [1.807, 2.05) is 0 Å². The van der Waals surface area contributed by atoms with Gasteiger partial charge in [0.1, 0.15) is 5.75 Å². The van der Waals surface area contributed by atoms with Crippen molar-refractivity contribution >= 4 is 15.9 Å². The fourth-order valence-corrected chi connectivity index (χ4v) is 4.12. The van der Waals surface area contributed by atoms with Crippen molar-refractivity contribution in [3.63, 3.8) is 0 Å². The topological polar surface area (TPSA) is 9.23 Å². The molecule has 1 heterocycles. The lowest BCUT2D eigenvalue weighted by Crippen LogP contribution is -1.95. The third kappa shape index (κ3) is 2.16. The largest absolute Gasteiger partial charge is 0.493 e. The molecule has 1 saturated carbocycles. The molecule has 3 atom stereocenters. The van der Waals surface area contributed by atoms with Gasteiger partial charge in [-0.1, -0.05) is 58.4 Å². The Bertz CT molecular complexity index is 623. The van der Waals surface area contributed by atoms with Crippen LogP contribution in [-0.2, 0) is 6.42 Å². The second-order valence-electron chi connectivity index (χ2n) is 5.78. The fourth-order valence-electron chi connectivity index (χ4n) is 3.25. The highest BCUT2D eigenvalue weighted by molar-refractivity contribution is 9.09. The minimum absolute atomic E-state index is 0.457. The molecule has 102 valence electrons. The summed E-state index contributed by atoms with van der Waals surface area (Å²) in [7, 11) is 0. The molecule has 1 aliphatic heterocycles. The SMILES string of the molecule is BrC(c1ccc2c(c1)CCO2)C1CC1c1ccccc1. The van der Waals surface area contributed by atoms with Gasteiger partial charge in [-0.15, -0.1) is 0 Å². The van der Waals surface area contributed by atoms with E-state index in [9.17, 15) is 0 Å². The number of hydrogen-bond acceptors (Lipinski definition) is 1. The minimum atomic E-state index is 0.457. The number of fused-ring (bicyclic) bond motifs is 1. The Balaban J connectivity index is 1.53. The van der Waals surface area contributed by atoms with Crippen molar-refractivity contribution in [2.24, 2.45) is 5.92 Å². The molecule has 0 spiro atoms. The van der Waals surface area contributed by atoms with Gasteiger partial charge in [0.15, 0.2) is 0 Å². The van der Waals surface area contributed by atoms with Crippen LogP contribution in [0, 0.1) is 5.92 Å². The summed E-state index contributed by atoms with van der Waals surface area (Å²) in [5, 5.41) is 0. The molecular formula is C18H17BrO. The number of rotatable bonds is 3. The number of hydrogen-bond donors (Lipinski definition) is 0. The van der Waals surface area contributed by atoms with Gasteiger partial charge in [0.25, 0.3) is 0 Å². The molecule has 0 bridgehead atoms. The van der Waals surface area contributed by atoms with Crippen LogP contribution in [0.2, 0.25) is 0 Å². The quantitative estimate of drug-likeness (QED) is 0.731. The summed E-state index contributed by atoms with van der Waals surface area (Å²) in [5.74, 6) is 2.51. The van der Waals surface area contributed by atoms with E-state index in [-0.39, 0.29) is 0 Å². The standard InChI is InChI=1S/C18H17BrO/c19-18(14-6-7-17-13(10-14)8-9-20-17)16-11-15(16)12-4-2-1-3-5-12/h1-7,10,15-16,18H,8-9,11H2. The van der Waals surface area contributed by atoms with Gasteiger partial charge in [-0.05, 0) is 41.0 Å². The highest BCUT2D eigenvalue weighted by atomic mass is 79.9. The number of alkyl halides is 1. The van der Waals surface area contributed by atoms with Crippen LogP contribution in [0.1, 0.15) is 33.9 Å². The first-order chi connectivity index (χ1) is 9.83. The van der Waals surface area contributed by atoms with E-state index >= 15 is 0 Å². The van der Waals surface area contributed by atoms with Crippen LogP contribution >= 0.6 is 15.9 Å². The molecule has 1 aliphatic carbocycles. The van der Waals surface area contributed by atoms with E-state index in [0.717, 1.165) is 24.7 Å². The molecule has 0 N–H and O–H groups in total. The summed E-state index contributed by atoms with van der Waals surface area (Å²) in [6, 6.07) is 17.5. The molecule has 1 fully saturated rings. The lowest BCUT2D eigenvalue weighted by atomic mass is 10.0. The van der Waals surface area contributed by atoms with E-state index in [1.54, 1.807) is 0 Å². The maximum atomic E-state index is 5.58. The molecule has 1 nitrogen and oxygen atoms in total. The normalized spacial score (nSPS) is 24.9. The van der Waals surface area contributed by atoms with Crippen molar-refractivity contribution < 1.29 is 4.74 Å². The van der Waals surface area contributed by atoms with Gasteiger partial charge in [-0.3, -0.25) is 0 Å². The summed E-state index contributed by atoms with van der Waals surface area (Å²) in [5.41, 5.74) is 4.24. The van der Waals surface area contributed by atoms with Crippen molar-refractivity contribution in [2.75, 3.05) is 6.61 Å². The summed E-state index contributed by atoms with van der Waals surface area (Å²) in [6.45, 7) is 0.835. The summed E-state index contributed by atoms with van der Waals surface area (Å²) in [6.07, 6.45) is 2.34. The first-order valence-electron chi connectivity index (χ1n) is 7.27. The Morgan fingerprint density at radius 2 is 1.95 bits per heavy atom. The zero-order chi connectivity index (χ0) is 13.5. The highest BCUT2D eigenvalue weighted by Crippen LogP contribution is 2.57. The summed E-state index contributed by atoms with van der Waals surface area (Å²) < 4.78 is 5.58. The Hall–Kier alpha value is -1.28. The lowest BCUT2D eigenvalue weighted by Gasteiger charge is -2.11. The summed E-state index contributed by atoms with van der Waals surface area (Å²) >= 11 is 3.92. The van der Waals surface area contributed by atoms with E-state index in [1.165, 1.54) is 23.1 Å². The third-order valence-electron chi connectivity index (χ3n) is 4.48. The minimum Gasteiger partial charge on any atom is -0.493 e. The molecule has 0 saturated heterocycles. The molecule has 2 aromatic rings. The zero-order valence-electron chi connectivity index (χ0n) is 11.3. The molecule has 0 radical (unpaired) electrons. The number of benzene rings is 2. The first-order valence-corrected chi connectivity index (χ1v) is 8.19. The van der Waals surface area contributed by atoms with Crippen LogP contribution in [0.15, 0.2) is 48.5 Å². The van der Waals surface area contributed by atoms with Crippen molar-refractivity contribution in [1.82, 2.24) is 0 Å². The highest BCUT2D eigenvalue weighted by Gasteiger charge is 2.43. The van der Waals surface area contributed by atoms with Crippen LogP contribution < -0.4 is 4.74 Å². The number of halogens is 1. The molecular weight excluding hydrogens is 312 g/mol. The summed E-state index contributed by atoms with van der Waals surface area (Å²) in [4.78, 5) is 0.457. The molecule has 2 aromatic carbocycles. The van der Waals surface area contributed by atoms with Crippen LogP contribution in [0.4, 0.5) is 0 Å². The average Bonchev–Trinajstić information content (AvgIpc) is 3.17. The van der Waals surface area contributed by atoms with E-state index in [0.29, 0.717) is 10.7 Å². The molecule has 2 heteroatoms. The van der Waals surface area contributed by atoms with Crippen LogP contribution in [0.3, 0.4) is 0 Å². The Kier molecular flexibility index (Phi) is 3.07. The maximum Gasteiger partial charge on any atom is 0.122 e. The molecule has 3 unspecified atom stereocenters. The van der Waals surface area contributed by atoms with Gasteiger partial charge in [0, 0.05) is 11.2 Å². The maximum absolute atomic E-state index is 5.58. The molecule has 0 amide bonds. The van der Waals surface area contributed by atoms with Crippen LogP contribution in [0.25, 0.3) is 0 Å². The average molecular weight is 329 g/mol. The van der Waals surface area contributed by atoms with Gasteiger partial charge in [-0.2, -0.15) is 0 Å². The second-order valence-corrected chi connectivity index (χ2v) is 6.77. The van der Waals surface area contributed by atoms with Crippen molar-refractivity contribution in [2.45, 2.75) is 23.6 Å². The Morgan fingerprint density at radius 1 is 1.10 bits per heavy atom. The molecule has 2 aliphatic rings. The smallest absolute Gasteiger partial charge is 0.122 e. The molecule has 4 rings (SSSR count). The van der Waals surface area contributed by atoms with E-state index < -0.39 is 0 Å². The van der Waals surface area contributed by atoms with Gasteiger partial charge in [0.05, 0.1) is 6.61 Å². The van der Waals surface area contributed by atoms with Crippen LogP contribution in [0.5, 0.6) is 5.75 Å². The zero-order valence-corrected chi connectivity index (χ0v) is 12.8. The Labute approximate surface area is 128 Å². The molecule has 0 aromatic heterocycles. The van der Waals surface area contributed by atoms with E-state index in [2.05, 4.69) is 64.5 Å². The predicted molar refractivity (Wildman–Crippen MR) is 84.6 cm³/mol. The van der Waals surface area contributed by atoms with Crippen molar-refractivity contribution in [3.05, 3.63) is 65.2 Å². The second kappa shape index (κ2) is 4.92. The van der Waals surface area contributed by atoms with E-state index in [4.69, 9.17) is 4.74 Å². The first kappa shape index (κ1) is 12.5. The van der Waals surface area contributed by atoms with Gasteiger partial charge < -0.3 is 4.74 Å². The van der Waals surface area contributed by atoms with Gasteiger partial charge in [0.2, 0.25) is 0 Å². The molecule has 20 heavy (non-hydrogen) atoms. The predicted octanol–water partition coefficient (Wildman–Crippen LogP) is 4.86. The van der Waals surface area contributed by atoms with Gasteiger partial charge >= 0.3 is 0 Å². The van der Waals surface area contributed by atoms with Crippen molar-refractivity contribution in [1.29, 1.82) is 0 Å². The van der Waals surface area contributed by atoms with Gasteiger partial charge in [-0.25, -0.2) is 0 Å². The Morgan fingerprint density at radius 3 is 2.80 bits per heavy atom.